The number of hydrogen-bond donors (Lipinski definition) is 3. The van der Waals surface area contributed by atoms with Crippen molar-refractivity contribution in [3.8, 4) is 0 Å². The van der Waals surface area contributed by atoms with Crippen LogP contribution in [0.3, 0.4) is 0 Å². The van der Waals surface area contributed by atoms with E-state index in [0.29, 0.717) is 24.8 Å². The molecule has 1 aromatic rings. The number of hydrogen-bond acceptors (Lipinski definition) is 3. The van der Waals surface area contributed by atoms with Crippen LogP contribution in [0.15, 0.2) is 23.3 Å². The van der Waals surface area contributed by atoms with Gasteiger partial charge in [-0.2, -0.15) is 0 Å². The Morgan fingerprint density at radius 2 is 2.08 bits per heavy atom. The molecule has 1 rings (SSSR count). The standard InChI is InChI=1S/C18H31N5O.HI/c1-5-6-7-8-15(3)22-18(19-4)20-12-11-17(24)23-16-10-9-14(2)13-21-16;/h9-10,13,15H,5-8,11-12H2,1-4H3,(H2,19,20,22)(H,21,23,24);1H. The van der Waals surface area contributed by atoms with Crippen LogP contribution in [0.2, 0.25) is 0 Å². The van der Waals surface area contributed by atoms with Gasteiger partial charge in [0.05, 0.1) is 0 Å². The Bertz CT molecular complexity index is 519. The summed E-state index contributed by atoms with van der Waals surface area (Å²) in [5, 5.41) is 9.31. The van der Waals surface area contributed by atoms with Gasteiger partial charge in [-0.15, -0.1) is 24.0 Å². The summed E-state index contributed by atoms with van der Waals surface area (Å²) in [5.41, 5.74) is 1.07. The van der Waals surface area contributed by atoms with Gasteiger partial charge in [-0.05, 0) is 31.9 Å². The molecule has 0 aliphatic carbocycles. The lowest BCUT2D eigenvalue weighted by molar-refractivity contribution is -0.116. The smallest absolute Gasteiger partial charge is 0.227 e. The van der Waals surface area contributed by atoms with Crippen molar-refractivity contribution in [3.63, 3.8) is 0 Å². The average molecular weight is 461 g/mol. The Balaban J connectivity index is 0.00000576. The van der Waals surface area contributed by atoms with Gasteiger partial charge in [-0.1, -0.05) is 32.3 Å². The van der Waals surface area contributed by atoms with Gasteiger partial charge in [0, 0.05) is 32.3 Å². The summed E-state index contributed by atoms with van der Waals surface area (Å²) in [6.07, 6.45) is 6.91. The first-order chi connectivity index (χ1) is 11.5. The third kappa shape index (κ3) is 11.0. The number of aliphatic imine (C=N–C) groups is 1. The molecule has 0 aliphatic heterocycles. The zero-order valence-electron chi connectivity index (χ0n) is 15.8. The molecule has 0 aromatic carbocycles. The fraction of sp³-hybridized carbons (Fsp3) is 0.611. The summed E-state index contributed by atoms with van der Waals surface area (Å²) in [7, 11) is 1.74. The monoisotopic (exact) mass is 461 g/mol. The average Bonchev–Trinajstić information content (AvgIpc) is 2.56. The van der Waals surface area contributed by atoms with E-state index in [-0.39, 0.29) is 29.9 Å². The molecule has 6 nitrogen and oxygen atoms in total. The molecule has 3 N–H and O–H groups in total. The number of nitrogens with one attached hydrogen (secondary N) is 3. The van der Waals surface area contributed by atoms with Gasteiger partial charge in [0.25, 0.3) is 0 Å². The Morgan fingerprint density at radius 1 is 1.32 bits per heavy atom. The van der Waals surface area contributed by atoms with Crippen molar-refractivity contribution in [2.24, 2.45) is 4.99 Å². The highest BCUT2D eigenvalue weighted by atomic mass is 127. The third-order valence-corrected chi connectivity index (χ3v) is 3.67. The topological polar surface area (TPSA) is 78.4 Å². The summed E-state index contributed by atoms with van der Waals surface area (Å²) in [4.78, 5) is 20.3. The number of guanidine groups is 1. The van der Waals surface area contributed by atoms with Gasteiger partial charge in [0.2, 0.25) is 5.91 Å². The largest absolute Gasteiger partial charge is 0.356 e. The zero-order chi connectivity index (χ0) is 17.8. The molecular weight excluding hydrogens is 429 g/mol. The third-order valence-electron chi connectivity index (χ3n) is 3.67. The van der Waals surface area contributed by atoms with Crippen LogP contribution in [0.4, 0.5) is 5.82 Å². The minimum absolute atomic E-state index is 0. The molecule has 1 amide bonds. The van der Waals surface area contributed by atoms with Crippen LogP contribution in [-0.2, 0) is 4.79 Å². The molecule has 7 heteroatoms. The fourth-order valence-electron chi connectivity index (χ4n) is 2.24. The van der Waals surface area contributed by atoms with Crippen molar-refractivity contribution in [1.82, 2.24) is 15.6 Å². The number of pyridine rings is 1. The number of anilines is 1. The maximum atomic E-state index is 11.9. The van der Waals surface area contributed by atoms with Crippen LogP contribution >= 0.6 is 24.0 Å². The second kappa shape index (κ2) is 13.9. The van der Waals surface area contributed by atoms with Crippen molar-refractivity contribution >= 4 is 41.7 Å². The van der Waals surface area contributed by atoms with E-state index >= 15 is 0 Å². The molecule has 142 valence electrons. The molecule has 1 aromatic heterocycles. The first-order valence-electron chi connectivity index (χ1n) is 8.74. The lowest BCUT2D eigenvalue weighted by atomic mass is 10.1. The minimum atomic E-state index is -0.0645. The number of carbonyl (C=O) groups excluding carboxylic acids is 1. The molecule has 0 fully saturated rings. The quantitative estimate of drug-likeness (QED) is 0.228. The van der Waals surface area contributed by atoms with E-state index < -0.39 is 0 Å². The first-order valence-corrected chi connectivity index (χ1v) is 8.74. The Labute approximate surface area is 168 Å². The molecule has 0 saturated carbocycles. The Morgan fingerprint density at radius 3 is 2.68 bits per heavy atom. The highest BCUT2D eigenvalue weighted by Crippen LogP contribution is 2.04. The van der Waals surface area contributed by atoms with Gasteiger partial charge in [0.1, 0.15) is 5.82 Å². The van der Waals surface area contributed by atoms with Gasteiger partial charge in [0.15, 0.2) is 5.96 Å². The van der Waals surface area contributed by atoms with E-state index in [1.54, 1.807) is 19.3 Å². The van der Waals surface area contributed by atoms with Gasteiger partial charge < -0.3 is 16.0 Å². The summed E-state index contributed by atoms with van der Waals surface area (Å²) in [6.45, 7) is 6.84. The van der Waals surface area contributed by atoms with E-state index in [0.717, 1.165) is 17.9 Å². The van der Waals surface area contributed by atoms with Crippen LogP contribution in [0.25, 0.3) is 0 Å². The summed E-state index contributed by atoms with van der Waals surface area (Å²) >= 11 is 0. The predicted octanol–water partition coefficient (Wildman–Crippen LogP) is 3.47. The lowest BCUT2D eigenvalue weighted by Crippen LogP contribution is -2.43. The zero-order valence-corrected chi connectivity index (χ0v) is 18.1. The summed E-state index contributed by atoms with van der Waals surface area (Å²) in [5.74, 6) is 1.25. The summed E-state index contributed by atoms with van der Waals surface area (Å²) in [6, 6.07) is 4.10. The van der Waals surface area contributed by atoms with E-state index in [4.69, 9.17) is 0 Å². The molecule has 0 spiro atoms. The minimum Gasteiger partial charge on any atom is -0.356 e. The van der Waals surface area contributed by atoms with E-state index in [1.165, 1.54) is 19.3 Å². The van der Waals surface area contributed by atoms with Gasteiger partial charge in [-0.3, -0.25) is 9.79 Å². The van der Waals surface area contributed by atoms with Gasteiger partial charge in [-0.25, -0.2) is 4.98 Å². The predicted molar refractivity (Wildman–Crippen MR) is 116 cm³/mol. The molecular formula is C18H32IN5O. The number of amides is 1. The van der Waals surface area contributed by atoms with Gasteiger partial charge >= 0.3 is 0 Å². The van der Waals surface area contributed by atoms with Crippen LogP contribution < -0.4 is 16.0 Å². The van der Waals surface area contributed by atoms with E-state index in [9.17, 15) is 4.79 Å². The Hall–Kier alpha value is -1.38. The van der Waals surface area contributed by atoms with Crippen LogP contribution in [-0.4, -0.2) is 36.5 Å². The number of carbonyl (C=O) groups is 1. The maximum absolute atomic E-state index is 11.9. The maximum Gasteiger partial charge on any atom is 0.227 e. The van der Waals surface area contributed by atoms with Crippen LogP contribution in [0, 0.1) is 6.92 Å². The fourth-order valence-corrected chi connectivity index (χ4v) is 2.24. The van der Waals surface area contributed by atoms with Crippen LogP contribution in [0.5, 0.6) is 0 Å². The number of aromatic nitrogens is 1. The molecule has 25 heavy (non-hydrogen) atoms. The van der Waals surface area contributed by atoms with Crippen LogP contribution in [0.1, 0.15) is 51.5 Å². The summed E-state index contributed by atoms with van der Waals surface area (Å²) < 4.78 is 0. The normalized spacial score (nSPS) is 12.1. The molecule has 0 aliphatic rings. The van der Waals surface area contributed by atoms with Crippen molar-refractivity contribution in [2.75, 3.05) is 18.9 Å². The number of rotatable bonds is 9. The SMILES string of the molecule is CCCCCC(C)NC(=NC)NCCC(=O)Nc1ccc(C)cn1.I. The van der Waals surface area contributed by atoms with Crippen molar-refractivity contribution in [2.45, 2.75) is 58.9 Å². The molecule has 1 heterocycles. The highest BCUT2D eigenvalue weighted by molar-refractivity contribution is 14.0. The highest BCUT2D eigenvalue weighted by Gasteiger charge is 2.07. The van der Waals surface area contributed by atoms with E-state index in [1.807, 2.05) is 13.0 Å². The van der Waals surface area contributed by atoms with Crippen molar-refractivity contribution in [3.05, 3.63) is 23.9 Å². The Kier molecular flexibility index (Phi) is 13.1. The van der Waals surface area contributed by atoms with Crippen molar-refractivity contribution in [1.29, 1.82) is 0 Å². The lowest BCUT2D eigenvalue weighted by Gasteiger charge is -2.17. The molecule has 0 bridgehead atoms. The number of halogens is 1. The number of nitrogens with zero attached hydrogens (tertiary/aromatic N) is 2. The molecule has 0 radical (unpaired) electrons. The molecule has 1 atom stereocenters. The number of aryl methyl sites for hydroxylation is 1. The number of unbranched alkanes of at least 4 members (excludes halogenated alkanes) is 2. The molecule has 1 unspecified atom stereocenters. The van der Waals surface area contributed by atoms with Crippen molar-refractivity contribution < 1.29 is 4.79 Å². The first kappa shape index (κ1) is 23.6. The van der Waals surface area contributed by atoms with E-state index in [2.05, 4.69) is 39.8 Å². The molecule has 0 saturated heterocycles. The second-order valence-electron chi connectivity index (χ2n) is 6.06. The second-order valence-corrected chi connectivity index (χ2v) is 6.06.